The van der Waals surface area contributed by atoms with E-state index >= 15 is 0 Å². The zero-order valence-electron chi connectivity index (χ0n) is 12.7. The molecule has 7 heteroatoms. The van der Waals surface area contributed by atoms with E-state index in [9.17, 15) is 10.1 Å². The van der Waals surface area contributed by atoms with Gasteiger partial charge in [-0.05, 0) is 5.56 Å². The largest absolute Gasteiger partial charge is 0.493 e. The van der Waals surface area contributed by atoms with Crippen LogP contribution in [-0.4, -0.2) is 30.6 Å². The standard InChI is InChI=1S/C16H16N2O5/c1-22-15-9-14(18(20)21)13(10-17-19)12(16(15)23-2)8-11-6-4-3-5-7-11/h3-7,9-10,19H,8H2,1-2H3. The van der Waals surface area contributed by atoms with Crippen LogP contribution in [0.5, 0.6) is 11.5 Å². The fourth-order valence-electron chi connectivity index (χ4n) is 2.40. The molecule has 0 aliphatic carbocycles. The van der Waals surface area contributed by atoms with E-state index in [0.717, 1.165) is 11.8 Å². The summed E-state index contributed by atoms with van der Waals surface area (Å²) in [7, 11) is 2.87. The van der Waals surface area contributed by atoms with E-state index in [0.29, 0.717) is 17.7 Å². The molecule has 0 spiro atoms. The smallest absolute Gasteiger partial charge is 0.282 e. The van der Waals surface area contributed by atoms with Gasteiger partial charge in [0.2, 0.25) is 0 Å². The van der Waals surface area contributed by atoms with Gasteiger partial charge in [0.15, 0.2) is 11.5 Å². The quantitative estimate of drug-likeness (QED) is 0.382. The number of nitro groups is 1. The lowest BCUT2D eigenvalue weighted by molar-refractivity contribution is -0.385. The lowest BCUT2D eigenvalue weighted by Crippen LogP contribution is -2.06. The molecular formula is C16H16N2O5. The topological polar surface area (TPSA) is 94.2 Å². The highest BCUT2D eigenvalue weighted by molar-refractivity contribution is 5.89. The molecule has 0 aromatic heterocycles. The van der Waals surface area contributed by atoms with Crippen LogP contribution in [0.15, 0.2) is 41.6 Å². The second-order valence-electron chi connectivity index (χ2n) is 4.69. The molecule has 120 valence electrons. The van der Waals surface area contributed by atoms with Crippen molar-refractivity contribution >= 4 is 11.9 Å². The summed E-state index contributed by atoms with van der Waals surface area (Å²) in [5, 5.41) is 23.2. The van der Waals surface area contributed by atoms with Crippen LogP contribution in [-0.2, 0) is 6.42 Å². The minimum absolute atomic E-state index is 0.180. The van der Waals surface area contributed by atoms with Gasteiger partial charge in [-0.25, -0.2) is 0 Å². The van der Waals surface area contributed by atoms with Crippen LogP contribution >= 0.6 is 0 Å². The first kappa shape index (κ1) is 16.3. The fraction of sp³-hybridized carbons (Fsp3) is 0.188. The van der Waals surface area contributed by atoms with Crippen molar-refractivity contribution < 1.29 is 19.6 Å². The van der Waals surface area contributed by atoms with Crippen LogP contribution in [0.2, 0.25) is 0 Å². The summed E-state index contributed by atoms with van der Waals surface area (Å²) in [6.07, 6.45) is 1.40. The Balaban J connectivity index is 2.72. The van der Waals surface area contributed by atoms with Gasteiger partial charge in [0, 0.05) is 12.0 Å². The summed E-state index contributed by atoms with van der Waals surface area (Å²) < 4.78 is 10.6. The third kappa shape index (κ3) is 3.39. The maximum absolute atomic E-state index is 11.3. The van der Waals surface area contributed by atoms with Crippen LogP contribution in [0, 0.1) is 10.1 Å². The molecule has 0 heterocycles. The van der Waals surface area contributed by atoms with Gasteiger partial charge in [-0.3, -0.25) is 10.1 Å². The molecule has 0 saturated carbocycles. The molecule has 0 amide bonds. The second kappa shape index (κ2) is 7.26. The molecule has 7 nitrogen and oxygen atoms in total. The molecular weight excluding hydrogens is 300 g/mol. The molecule has 0 saturated heterocycles. The zero-order valence-corrected chi connectivity index (χ0v) is 12.7. The van der Waals surface area contributed by atoms with Gasteiger partial charge in [0.1, 0.15) is 0 Å². The SMILES string of the molecule is COc1cc([N+](=O)[O-])c(C=NO)c(Cc2ccccc2)c1OC. The molecule has 2 rings (SSSR count). The van der Waals surface area contributed by atoms with Crippen molar-refractivity contribution in [3.8, 4) is 11.5 Å². The normalized spacial score (nSPS) is 10.7. The van der Waals surface area contributed by atoms with Crippen LogP contribution in [0.25, 0.3) is 0 Å². The number of nitrogens with zero attached hydrogens (tertiary/aromatic N) is 2. The van der Waals surface area contributed by atoms with Crippen molar-refractivity contribution in [2.75, 3.05) is 14.2 Å². The monoisotopic (exact) mass is 316 g/mol. The fourth-order valence-corrected chi connectivity index (χ4v) is 2.40. The highest BCUT2D eigenvalue weighted by Crippen LogP contribution is 2.39. The Bertz CT molecular complexity index is 729. The summed E-state index contributed by atoms with van der Waals surface area (Å²) >= 11 is 0. The van der Waals surface area contributed by atoms with Gasteiger partial charge in [0.05, 0.1) is 37.0 Å². The minimum atomic E-state index is -0.548. The van der Waals surface area contributed by atoms with Crippen molar-refractivity contribution in [3.63, 3.8) is 0 Å². The van der Waals surface area contributed by atoms with Gasteiger partial charge >= 0.3 is 0 Å². The molecule has 0 aliphatic heterocycles. The summed E-state index contributed by atoms with van der Waals surface area (Å²) in [5.74, 6) is 0.622. The number of benzene rings is 2. The number of hydrogen-bond donors (Lipinski definition) is 1. The summed E-state index contributed by atoms with van der Waals surface area (Å²) in [6, 6.07) is 10.7. The molecule has 0 atom stereocenters. The van der Waals surface area contributed by atoms with Crippen molar-refractivity contribution in [2.24, 2.45) is 5.16 Å². The minimum Gasteiger partial charge on any atom is -0.493 e. The van der Waals surface area contributed by atoms with E-state index in [1.807, 2.05) is 30.3 Å². The average Bonchev–Trinajstić information content (AvgIpc) is 2.56. The second-order valence-corrected chi connectivity index (χ2v) is 4.69. The maximum atomic E-state index is 11.3. The van der Waals surface area contributed by atoms with Crippen LogP contribution in [0.3, 0.4) is 0 Å². The third-order valence-corrected chi connectivity index (χ3v) is 3.40. The molecule has 2 aromatic carbocycles. The Morgan fingerprint density at radius 1 is 1.26 bits per heavy atom. The van der Waals surface area contributed by atoms with Gasteiger partial charge in [-0.15, -0.1) is 0 Å². The summed E-state index contributed by atoms with van der Waals surface area (Å²) in [5.41, 5.74) is 1.41. The number of ether oxygens (including phenoxy) is 2. The van der Waals surface area contributed by atoms with Gasteiger partial charge in [-0.2, -0.15) is 0 Å². The Morgan fingerprint density at radius 3 is 2.48 bits per heavy atom. The van der Waals surface area contributed by atoms with E-state index in [4.69, 9.17) is 14.7 Å². The van der Waals surface area contributed by atoms with E-state index < -0.39 is 4.92 Å². The van der Waals surface area contributed by atoms with E-state index in [2.05, 4.69) is 5.16 Å². The first-order valence-corrected chi connectivity index (χ1v) is 6.76. The zero-order chi connectivity index (χ0) is 16.8. The molecule has 23 heavy (non-hydrogen) atoms. The van der Waals surface area contributed by atoms with Crippen molar-refractivity contribution in [1.82, 2.24) is 0 Å². The molecule has 0 unspecified atom stereocenters. The van der Waals surface area contributed by atoms with Crippen LogP contribution < -0.4 is 9.47 Å². The number of rotatable bonds is 6. The average molecular weight is 316 g/mol. The molecule has 1 N–H and O–H groups in total. The Morgan fingerprint density at radius 2 is 1.96 bits per heavy atom. The summed E-state index contributed by atoms with van der Waals surface area (Å²) in [4.78, 5) is 10.8. The molecule has 0 bridgehead atoms. The van der Waals surface area contributed by atoms with Gasteiger partial charge in [-0.1, -0.05) is 35.5 Å². The predicted molar refractivity (Wildman–Crippen MR) is 84.8 cm³/mol. The highest BCUT2D eigenvalue weighted by atomic mass is 16.6. The third-order valence-electron chi connectivity index (χ3n) is 3.40. The van der Waals surface area contributed by atoms with E-state index in [-0.39, 0.29) is 17.0 Å². The molecule has 0 fully saturated rings. The Hall–Kier alpha value is -3.09. The molecule has 0 radical (unpaired) electrons. The first-order valence-electron chi connectivity index (χ1n) is 6.76. The predicted octanol–water partition coefficient (Wildman–Crippen LogP) is 3.01. The van der Waals surface area contributed by atoms with Crippen molar-refractivity contribution in [3.05, 3.63) is 63.2 Å². The summed E-state index contributed by atoms with van der Waals surface area (Å²) in [6.45, 7) is 0. The number of methoxy groups -OCH3 is 2. The van der Waals surface area contributed by atoms with E-state index in [1.54, 1.807) is 0 Å². The maximum Gasteiger partial charge on any atom is 0.282 e. The first-order chi connectivity index (χ1) is 11.1. The Labute approximate surface area is 132 Å². The van der Waals surface area contributed by atoms with Gasteiger partial charge in [0.25, 0.3) is 5.69 Å². The lowest BCUT2D eigenvalue weighted by Gasteiger charge is -2.15. The molecule has 0 aliphatic rings. The highest BCUT2D eigenvalue weighted by Gasteiger charge is 2.25. The Kier molecular flexibility index (Phi) is 5.14. The van der Waals surface area contributed by atoms with Crippen molar-refractivity contribution in [2.45, 2.75) is 6.42 Å². The van der Waals surface area contributed by atoms with Crippen molar-refractivity contribution in [1.29, 1.82) is 0 Å². The lowest BCUT2D eigenvalue weighted by atomic mass is 9.97. The molecule has 2 aromatic rings. The van der Waals surface area contributed by atoms with Crippen LogP contribution in [0.4, 0.5) is 5.69 Å². The number of nitro benzene ring substituents is 1. The number of hydrogen-bond acceptors (Lipinski definition) is 6. The van der Waals surface area contributed by atoms with Gasteiger partial charge < -0.3 is 14.7 Å². The number of oxime groups is 1. The van der Waals surface area contributed by atoms with Crippen LogP contribution in [0.1, 0.15) is 16.7 Å². The van der Waals surface area contributed by atoms with E-state index in [1.165, 1.54) is 20.3 Å².